The minimum absolute atomic E-state index is 0.0694. The van der Waals surface area contributed by atoms with E-state index in [1.807, 2.05) is 0 Å². The van der Waals surface area contributed by atoms with Crippen molar-refractivity contribution in [3.63, 3.8) is 0 Å². The van der Waals surface area contributed by atoms with Crippen LogP contribution in [0.3, 0.4) is 0 Å². The van der Waals surface area contributed by atoms with Gasteiger partial charge in [0.2, 0.25) is 10.0 Å². The number of carbonyl (C=O) groups excluding carboxylic acids is 1. The van der Waals surface area contributed by atoms with Gasteiger partial charge in [-0.15, -0.1) is 0 Å². The van der Waals surface area contributed by atoms with E-state index in [9.17, 15) is 13.2 Å². The fraction of sp³-hybridized carbons (Fsp3) is 0.643. The number of sulfonamides is 1. The summed E-state index contributed by atoms with van der Waals surface area (Å²) in [6.45, 7) is 2.30. The largest absolute Gasteiger partial charge is 0.472 e. The molecule has 2 aliphatic rings. The molecule has 3 heterocycles. The highest BCUT2D eigenvalue weighted by Gasteiger charge is 2.37. The van der Waals surface area contributed by atoms with Crippen molar-refractivity contribution in [3.05, 3.63) is 24.2 Å². The quantitative estimate of drug-likeness (QED) is 0.785. The molecule has 0 saturated carbocycles. The molecule has 2 atom stereocenters. The number of nitrogens with zero attached hydrogens (tertiary/aromatic N) is 2. The van der Waals surface area contributed by atoms with Crippen LogP contribution in [0.5, 0.6) is 0 Å². The lowest BCUT2D eigenvalue weighted by Crippen LogP contribution is -2.49. The summed E-state index contributed by atoms with van der Waals surface area (Å²) in [5, 5.41) is 0. The number of piperidine rings is 1. The normalized spacial score (nSPS) is 27.2. The van der Waals surface area contributed by atoms with E-state index in [0.717, 1.165) is 6.42 Å². The van der Waals surface area contributed by atoms with E-state index in [2.05, 4.69) is 0 Å². The second-order valence-electron chi connectivity index (χ2n) is 5.84. The summed E-state index contributed by atoms with van der Waals surface area (Å²) < 4.78 is 35.7. The number of ether oxygens (including phenoxy) is 1. The monoisotopic (exact) mass is 328 g/mol. The molecular weight excluding hydrogens is 308 g/mol. The third-order valence-electron chi connectivity index (χ3n) is 4.33. The van der Waals surface area contributed by atoms with Crippen molar-refractivity contribution < 1.29 is 22.4 Å². The lowest BCUT2D eigenvalue weighted by Gasteiger charge is -2.37. The van der Waals surface area contributed by atoms with Crippen molar-refractivity contribution in [1.82, 2.24) is 9.21 Å². The maximum Gasteiger partial charge on any atom is 0.257 e. The van der Waals surface area contributed by atoms with Crippen LogP contribution >= 0.6 is 0 Å². The van der Waals surface area contributed by atoms with E-state index in [0.29, 0.717) is 38.3 Å². The number of fused-ring (bicyclic) bond motifs is 1. The molecule has 1 aromatic rings. The molecule has 0 radical (unpaired) electrons. The molecule has 1 amide bonds. The maximum absolute atomic E-state index is 12.3. The molecule has 0 bridgehead atoms. The summed E-state index contributed by atoms with van der Waals surface area (Å²) in [6, 6.07) is 1.65. The fourth-order valence-electron chi connectivity index (χ4n) is 3.08. The molecule has 122 valence electrons. The van der Waals surface area contributed by atoms with Gasteiger partial charge in [-0.05, 0) is 12.5 Å². The molecule has 0 N–H and O–H groups in total. The predicted octanol–water partition coefficient (Wildman–Crippen LogP) is 0.402. The summed E-state index contributed by atoms with van der Waals surface area (Å²) in [6.07, 6.45) is 4.77. The molecule has 2 fully saturated rings. The van der Waals surface area contributed by atoms with E-state index in [1.165, 1.54) is 23.1 Å². The molecule has 0 unspecified atom stereocenters. The standard InChI is InChI=1S/C14H20N2O5S/c1-22(18,19)16-5-7-21-13-9-15(4-2-11(13)8-16)14(17)12-3-6-20-10-12/h3,6,10-11,13H,2,4-5,7-9H2,1H3/t11-,13-/m0/s1. The van der Waals surface area contributed by atoms with Gasteiger partial charge in [0, 0.05) is 32.1 Å². The zero-order valence-corrected chi connectivity index (χ0v) is 13.3. The van der Waals surface area contributed by atoms with Gasteiger partial charge in [0.05, 0.1) is 30.8 Å². The van der Waals surface area contributed by atoms with E-state index in [4.69, 9.17) is 9.15 Å². The van der Waals surface area contributed by atoms with Crippen molar-refractivity contribution in [3.8, 4) is 0 Å². The molecular formula is C14H20N2O5S. The summed E-state index contributed by atoms with van der Waals surface area (Å²) in [4.78, 5) is 14.1. The number of hydrogen-bond donors (Lipinski definition) is 0. The molecule has 0 aliphatic carbocycles. The Morgan fingerprint density at radius 1 is 1.32 bits per heavy atom. The molecule has 7 nitrogen and oxygen atoms in total. The first-order chi connectivity index (χ1) is 10.4. The third kappa shape index (κ3) is 3.18. The molecule has 2 aliphatic heterocycles. The Bertz CT molecular complexity index is 628. The van der Waals surface area contributed by atoms with E-state index >= 15 is 0 Å². The van der Waals surface area contributed by atoms with Gasteiger partial charge in [-0.2, -0.15) is 4.31 Å². The number of hydrogen-bond acceptors (Lipinski definition) is 5. The van der Waals surface area contributed by atoms with Crippen molar-refractivity contribution in [1.29, 1.82) is 0 Å². The van der Waals surface area contributed by atoms with Crippen LogP contribution in [-0.4, -0.2) is 68.7 Å². The zero-order valence-electron chi connectivity index (χ0n) is 12.5. The lowest BCUT2D eigenvalue weighted by molar-refractivity contribution is -0.0170. The van der Waals surface area contributed by atoms with Gasteiger partial charge in [-0.3, -0.25) is 4.79 Å². The van der Waals surface area contributed by atoms with E-state index < -0.39 is 10.0 Å². The Balaban J connectivity index is 1.68. The molecule has 0 spiro atoms. The minimum atomic E-state index is -3.20. The molecule has 2 saturated heterocycles. The Labute approximate surface area is 129 Å². The van der Waals surface area contributed by atoms with Gasteiger partial charge in [-0.1, -0.05) is 0 Å². The number of furan rings is 1. The fourth-order valence-corrected chi connectivity index (χ4v) is 3.94. The average Bonchev–Trinajstić information content (AvgIpc) is 2.91. The Morgan fingerprint density at radius 3 is 2.82 bits per heavy atom. The smallest absolute Gasteiger partial charge is 0.257 e. The van der Waals surface area contributed by atoms with Crippen LogP contribution in [0.2, 0.25) is 0 Å². The van der Waals surface area contributed by atoms with Gasteiger partial charge in [0.1, 0.15) is 6.26 Å². The van der Waals surface area contributed by atoms with Crippen LogP contribution in [0.25, 0.3) is 0 Å². The molecule has 8 heteroatoms. The van der Waals surface area contributed by atoms with Crippen LogP contribution in [0, 0.1) is 5.92 Å². The first-order valence-corrected chi connectivity index (χ1v) is 9.18. The van der Waals surface area contributed by atoms with Gasteiger partial charge in [0.25, 0.3) is 5.91 Å². The summed E-state index contributed by atoms with van der Waals surface area (Å²) in [7, 11) is -3.20. The SMILES string of the molecule is CS(=O)(=O)N1CCO[C@H]2CN(C(=O)c3ccoc3)CC[C@H]2C1. The first-order valence-electron chi connectivity index (χ1n) is 7.33. The summed E-state index contributed by atoms with van der Waals surface area (Å²) in [5.41, 5.74) is 0.532. The average molecular weight is 328 g/mol. The van der Waals surface area contributed by atoms with Gasteiger partial charge < -0.3 is 14.1 Å². The van der Waals surface area contributed by atoms with Crippen molar-refractivity contribution >= 4 is 15.9 Å². The molecule has 22 heavy (non-hydrogen) atoms. The van der Waals surface area contributed by atoms with Crippen molar-refractivity contribution in [2.45, 2.75) is 12.5 Å². The number of carbonyl (C=O) groups is 1. The first kappa shape index (κ1) is 15.5. The Kier molecular flexibility index (Phi) is 4.24. The predicted molar refractivity (Wildman–Crippen MR) is 78.9 cm³/mol. The highest BCUT2D eigenvalue weighted by atomic mass is 32.2. The van der Waals surface area contributed by atoms with Gasteiger partial charge >= 0.3 is 0 Å². The van der Waals surface area contributed by atoms with Gasteiger partial charge in [0.15, 0.2) is 0 Å². The Morgan fingerprint density at radius 2 is 2.14 bits per heavy atom. The Hall–Kier alpha value is -1.38. The second kappa shape index (κ2) is 6.02. The summed E-state index contributed by atoms with van der Waals surface area (Å²) in [5.74, 6) is 0.0608. The van der Waals surface area contributed by atoms with Gasteiger partial charge in [-0.25, -0.2) is 8.42 Å². The maximum atomic E-state index is 12.3. The minimum Gasteiger partial charge on any atom is -0.472 e. The second-order valence-corrected chi connectivity index (χ2v) is 7.82. The molecule has 1 aromatic heterocycles. The van der Waals surface area contributed by atoms with Crippen LogP contribution in [0.4, 0.5) is 0 Å². The number of rotatable bonds is 2. The third-order valence-corrected chi connectivity index (χ3v) is 5.60. The topological polar surface area (TPSA) is 80.1 Å². The van der Waals surface area contributed by atoms with Crippen LogP contribution in [0.15, 0.2) is 23.0 Å². The van der Waals surface area contributed by atoms with Crippen LogP contribution in [0.1, 0.15) is 16.8 Å². The van der Waals surface area contributed by atoms with Crippen molar-refractivity contribution in [2.75, 3.05) is 39.0 Å². The summed E-state index contributed by atoms with van der Waals surface area (Å²) >= 11 is 0. The lowest BCUT2D eigenvalue weighted by atomic mass is 9.93. The van der Waals surface area contributed by atoms with E-state index in [-0.39, 0.29) is 17.9 Å². The number of likely N-dealkylation sites (tertiary alicyclic amines) is 1. The van der Waals surface area contributed by atoms with Crippen LogP contribution < -0.4 is 0 Å². The number of amides is 1. The molecule has 3 rings (SSSR count). The zero-order chi connectivity index (χ0) is 15.7. The van der Waals surface area contributed by atoms with Crippen molar-refractivity contribution in [2.24, 2.45) is 5.92 Å². The van der Waals surface area contributed by atoms with E-state index in [1.54, 1.807) is 11.0 Å². The highest BCUT2D eigenvalue weighted by molar-refractivity contribution is 7.88. The molecule has 0 aromatic carbocycles. The van der Waals surface area contributed by atoms with Crippen LogP contribution in [-0.2, 0) is 14.8 Å². The highest BCUT2D eigenvalue weighted by Crippen LogP contribution is 2.26.